The number of anilines is 1. The van der Waals surface area contributed by atoms with Crippen molar-refractivity contribution in [2.45, 2.75) is 6.54 Å². The van der Waals surface area contributed by atoms with Crippen LogP contribution in [0.5, 0.6) is 0 Å². The minimum absolute atomic E-state index is 0.107. The molecule has 0 saturated carbocycles. The fourth-order valence-corrected chi connectivity index (χ4v) is 2.56. The molecule has 0 aliphatic rings. The Labute approximate surface area is 146 Å². The molecule has 2 N–H and O–H groups in total. The number of halogens is 2. The molecule has 0 radical (unpaired) electrons. The fraction of sp³-hybridized carbons (Fsp3) is 0.0714. The van der Waals surface area contributed by atoms with E-state index in [1.807, 2.05) is 0 Å². The van der Waals surface area contributed by atoms with Crippen LogP contribution >= 0.6 is 15.9 Å². The Morgan fingerprint density at radius 1 is 1.32 bits per heavy atom. The van der Waals surface area contributed by atoms with Crippen LogP contribution in [0.25, 0.3) is 5.65 Å². The van der Waals surface area contributed by atoms with Gasteiger partial charge < -0.3 is 15.0 Å². The molecule has 128 valence electrons. The SMILES string of the molecule is O=C(Cn1c(C(=O)O)cc(=O)n2nc(Br)cc12)Nc1ccc(F)cn1. The number of hydrogen-bond donors (Lipinski definition) is 2. The van der Waals surface area contributed by atoms with Gasteiger partial charge in [0.05, 0.1) is 6.20 Å². The van der Waals surface area contributed by atoms with Gasteiger partial charge in [-0.05, 0) is 28.1 Å². The predicted octanol–water partition coefficient (Wildman–Crippen LogP) is 1.13. The summed E-state index contributed by atoms with van der Waals surface area (Å²) >= 11 is 3.10. The Kier molecular flexibility index (Phi) is 4.31. The van der Waals surface area contributed by atoms with Crippen molar-refractivity contribution >= 4 is 39.3 Å². The highest BCUT2D eigenvalue weighted by molar-refractivity contribution is 9.10. The van der Waals surface area contributed by atoms with E-state index in [1.54, 1.807) is 0 Å². The van der Waals surface area contributed by atoms with E-state index in [2.05, 4.69) is 31.3 Å². The highest BCUT2D eigenvalue weighted by Gasteiger charge is 2.18. The van der Waals surface area contributed by atoms with Gasteiger partial charge in [0.1, 0.15) is 34.1 Å². The van der Waals surface area contributed by atoms with Gasteiger partial charge in [-0.3, -0.25) is 9.59 Å². The van der Waals surface area contributed by atoms with E-state index in [1.165, 1.54) is 12.1 Å². The Balaban J connectivity index is 1.99. The summed E-state index contributed by atoms with van der Waals surface area (Å²) in [5, 5.41) is 15.6. The molecule has 0 unspecified atom stereocenters. The summed E-state index contributed by atoms with van der Waals surface area (Å²) in [6.07, 6.45) is 0.934. The van der Waals surface area contributed by atoms with Crippen molar-refractivity contribution < 1.29 is 19.1 Å². The molecule has 0 aliphatic heterocycles. The van der Waals surface area contributed by atoms with Crippen LogP contribution in [0.3, 0.4) is 0 Å². The molecule has 25 heavy (non-hydrogen) atoms. The Hall–Kier alpha value is -3.08. The number of carbonyl (C=O) groups excluding carboxylic acids is 1. The van der Waals surface area contributed by atoms with Gasteiger partial charge >= 0.3 is 5.97 Å². The van der Waals surface area contributed by atoms with Crippen molar-refractivity contribution in [1.29, 1.82) is 0 Å². The van der Waals surface area contributed by atoms with Crippen LogP contribution in [-0.2, 0) is 11.3 Å². The molecule has 0 spiro atoms. The van der Waals surface area contributed by atoms with Crippen LogP contribution in [0.15, 0.2) is 39.9 Å². The zero-order valence-corrected chi connectivity index (χ0v) is 13.9. The van der Waals surface area contributed by atoms with E-state index in [4.69, 9.17) is 0 Å². The lowest BCUT2D eigenvalue weighted by molar-refractivity contribution is -0.116. The Morgan fingerprint density at radius 3 is 2.72 bits per heavy atom. The summed E-state index contributed by atoms with van der Waals surface area (Å²) in [5.74, 6) is -2.43. The number of aromatic carboxylic acids is 1. The van der Waals surface area contributed by atoms with E-state index >= 15 is 0 Å². The lowest BCUT2D eigenvalue weighted by Gasteiger charge is -2.12. The number of carboxylic acids is 1. The van der Waals surface area contributed by atoms with Crippen LogP contribution in [0.4, 0.5) is 10.2 Å². The molecule has 1 amide bonds. The van der Waals surface area contributed by atoms with E-state index < -0.39 is 29.8 Å². The first-order chi connectivity index (χ1) is 11.8. The van der Waals surface area contributed by atoms with E-state index in [9.17, 15) is 23.9 Å². The molecule has 11 heteroatoms. The molecule has 0 atom stereocenters. The Morgan fingerprint density at radius 2 is 2.08 bits per heavy atom. The summed E-state index contributed by atoms with van der Waals surface area (Å²) in [5.41, 5.74) is -0.888. The normalized spacial score (nSPS) is 10.8. The van der Waals surface area contributed by atoms with Crippen LogP contribution in [0, 0.1) is 5.82 Å². The highest BCUT2D eigenvalue weighted by atomic mass is 79.9. The maximum absolute atomic E-state index is 12.8. The van der Waals surface area contributed by atoms with Gasteiger partial charge in [0.2, 0.25) is 5.91 Å². The van der Waals surface area contributed by atoms with E-state index in [0.717, 1.165) is 27.4 Å². The predicted molar refractivity (Wildman–Crippen MR) is 86.9 cm³/mol. The molecule has 3 heterocycles. The van der Waals surface area contributed by atoms with Crippen LogP contribution < -0.4 is 10.9 Å². The molecule has 0 aliphatic carbocycles. The standard InChI is InChI=1S/C14H9BrFN5O4/c15-9-4-12-20(8(14(24)25)3-13(23)21(12)19-9)6-11(22)18-10-2-1-7(16)5-17-10/h1-5H,6H2,(H,24,25)(H,17,18,22). The zero-order chi connectivity index (χ0) is 18.1. The summed E-state index contributed by atoms with van der Waals surface area (Å²) in [7, 11) is 0. The number of nitrogens with one attached hydrogen (secondary N) is 1. The van der Waals surface area contributed by atoms with Crippen molar-refractivity contribution in [2.24, 2.45) is 0 Å². The molecule has 3 aromatic rings. The molecule has 0 bridgehead atoms. The minimum atomic E-state index is -1.37. The number of amides is 1. The first-order valence-corrected chi connectivity index (χ1v) is 7.58. The summed E-state index contributed by atoms with van der Waals surface area (Å²) < 4.78 is 15.2. The maximum atomic E-state index is 12.8. The average molecular weight is 410 g/mol. The highest BCUT2D eigenvalue weighted by Crippen LogP contribution is 2.13. The van der Waals surface area contributed by atoms with Crippen LogP contribution in [0.2, 0.25) is 0 Å². The van der Waals surface area contributed by atoms with Gasteiger partial charge in [0, 0.05) is 12.1 Å². The number of rotatable bonds is 4. The molecule has 0 saturated heterocycles. The van der Waals surface area contributed by atoms with E-state index in [0.29, 0.717) is 4.60 Å². The fourth-order valence-electron chi connectivity index (χ4n) is 2.20. The number of nitrogens with zero attached hydrogens (tertiary/aromatic N) is 4. The molecular formula is C14H9BrFN5O4. The van der Waals surface area contributed by atoms with Gasteiger partial charge in [0.25, 0.3) is 5.56 Å². The molecule has 0 fully saturated rings. The third kappa shape index (κ3) is 3.40. The number of hydrogen-bond acceptors (Lipinski definition) is 5. The number of aromatic nitrogens is 4. The second-order valence-corrected chi connectivity index (χ2v) is 5.72. The lowest BCUT2D eigenvalue weighted by Crippen LogP contribution is -2.28. The molecule has 9 nitrogen and oxygen atoms in total. The van der Waals surface area contributed by atoms with Gasteiger partial charge in [-0.1, -0.05) is 0 Å². The third-order valence-corrected chi connectivity index (χ3v) is 3.60. The van der Waals surface area contributed by atoms with Crippen molar-refractivity contribution in [3.8, 4) is 0 Å². The van der Waals surface area contributed by atoms with Crippen molar-refractivity contribution in [3.63, 3.8) is 0 Å². The van der Waals surface area contributed by atoms with Crippen molar-refractivity contribution in [1.82, 2.24) is 19.2 Å². The zero-order valence-electron chi connectivity index (χ0n) is 12.3. The number of pyridine rings is 1. The van der Waals surface area contributed by atoms with Crippen molar-refractivity contribution in [3.05, 3.63) is 56.9 Å². The molecular weight excluding hydrogens is 401 g/mol. The third-order valence-electron chi connectivity index (χ3n) is 3.21. The molecule has 3 rings (SSSR count). The van der Waals surface area contributed by atoms with Crippen LogP contribution in [-0.4, -0.2) is 36.1 Å². The summed E-state index contributed by atoms with van der Waals surface area (Å²) in [6, 6.07) is 4.67. The lowest BCUT2D eigenvalue weighted by atomic mass is 10.3. The summed E-state index contributed by atoms with van der Waals surface area (Å²) in [4.78, 5) is 39.2. The van der Waals surface area contributed by atoms with Gasteiger partial charge in [-0.25, -0.2) is 14.2 Å². The number of fused-ring (bicyclic) bond motifs is 1. The quantitative estimate of drug-likeness (QED) is 0.666. The molecule has 3 aromatic heterocycles. The van der Waals surface area contributed by atoms with Crippen molar-refractivity contribution in [2.75, 3.05) is 5.32 Å². The second kappa shape index (κ2) is 6.43. The second-order valence-electron chi connectivity index (χ2n) is 4.91. The van der Waals surface area contributed by atoms with Gasteiger partial charge in [0.15, 0.2) is 0 Å². The summed E-state index contributed by atoms with van der Waals surface area (Å²) in [6.45, 7) is -0.414. The average Bonchev–Trinajstić information content (AvgIpc) is 2.94. The van der Waals surface area contributed by atoms with Crippen LogP contribution in [0.1, 0.15) is 10.5 Å². The van der Waals surface area contributed by atoms with E-state index in [-0.39, 0.29) is 17.2 Å². The van der Waals surface area contributed by atoms with Gasteiger partial charge in [-0.15, -0.1) is 0 Å². The monoisotopic (exact) mass is 409 g/mol. The Bertz CT molecular complexity index is 1040. The topological polar surface area (TPSA) is 119 Å². The number of carboxylic acid groups (broad SMARTS) is 1. The minimum Gasteiger partial charge on any atom is -0.477 e. The van der Waals surface area contributed by atoms with Gasteiger partial charge in [-0.2, -0.15) is 9.61 Å². The number of carbonyl (C=O) groups is 2. The smallest absolute Gasteiger partial charge is 0.352 e. The largest absolute Gasteiger partial charge is 0.477 e. The first kappa shape index (κ1) is 16.8. The molecule has 0 aromatic carbocycles. The maximum Gasteiger partial charge on any atom is 0.352 e. The first-order valence-electron chi connectivity index (χ1n) is 6.79.